The summed E-state index contributed by atoms with van der Waals surface area (Å²) < 4.78 is 5.43. The molecule has 2 rings (SSSR count). The van der Waals surface area contributed by atoms with Crippen LogP contribution in [0.3, 0.4) is 0 Å². The number of carbonyl (C=O) groups excluding carboxylic acids is 2. The van der Waals surface area contributed by atoms with Crippen molar-refractivity contribution in [3.8, 4) is 0 Å². The van der Waals surface area contributed by atoms with E-state index in [0.29, 0.717) is 5.00 Å². The molecule has 0 spiro atoms. The zero-order valence-corrected chi connectivity index (χ0v) is 12.9. The molecule has 7 nitrogen and oxygen atoms in total. The van der Waals surface area contributed by atoms with E-state index in [1.165, 1.54) is 7.05 Å². The molecule has 1 aliphatic rings. The molecule has 0 aliphatic heterocycles. The molecule has 2 amide bonds. The van der Waals surface area contributed by atoms with Gasteiger partial charge < -0.3 is 26.8 Å². The molecule has 0 bridgehead atoms. The van der Waals surface area contributed by atoms with Gasteiger partial charge in [0.2, 0.25) is 0 Å². The highest BCUT2D eigenvalue weighted by Crippen LogP contribution is 2.37. The number of nitrogens with one attached hydrogen (secondary N) is 2. The number of methoxy groups -OCH3 is 1. The predicted molar refractivity (Wildman–Crippen MR) is 82.7 cm³/mol. The van der Waals surface area contributed by atoms with E-state index < -0.39 is 5.91 Å². The molecule has 1 fully saturated rings. The molecule has 1 saturated carbocycles. The summed E-state index contributed by atoms with van der Waals surface area (Å²) in [4.78, 5) is 23.6. The summed E-state index contributed by atoms with van der Waals surface area (Å²) >= 11 is 1.11. The number of thiophene rings is 1. The van der Waals surface area contributed by atoms with Gasteiger partial charge in [0, 0.05) is 14.2 Å². The zero-order valence-electron chi connectivity index (χ0n) is 12.1. The van der Waals surface area contributed by atoms with Crippen LogP contribution >= 0.6 is 11.3 Å². The molecule has 0 aromatic carbocycles. The van der Waals surface area contributed by atoms with E-state index in [0.717, 1.165) is 30.6 Å². The van der Waals surface area contributed by atoms with Crippen LogP contribution in [-0.4, -0.2) is 38.1 Å². The molecule has 116 valence electrons. The summed E-state index contributed by atoms with van der Waals surface area (Å²) in [6.45, 7) is 0. The van der Waals surface area contributed by atoms with E-state index in [4.69, 9.17) is 16.2 Å². The van der Waals surface area contributed by atoms with Gasteiger partial charge in [0.05, 0.1) is 23.4 Å². The van der Waals surface area contributed by atoms with Crippen LogP contribution in [-0.2, 0) is 4.74 Å². The van der Waals surface area contributed by atoms with Crippen LogP contribution in [0.4, 0.5) is 10.7 Å². The van der Waals surface area contributed by atoms with E-state index in [-0.39, 0.29) is 34.2 Å². The normalized spacial score (nSPS) is 21.2. The van der Waals surface area contributed by atoms with Crippen LogP contribution in [0.1, 0.15) is 39.3 Å². The number of hydrogen-bond acceptors (Lipinski definition) is 6. The van der Waals surface area contributed by atoms with E-state index in [2.05, 4.69) is 10.6 Å². The average Bonchev–Trinajstić information content (AvgIpc) is 3.03. The van der Waals surface area contributed by atoms with E-state index in [1.807, 2.05) is 0 Å². The first kappa shape index (κ1) is 15.6. The minimum Gasteiger partial charge on any atom is -0.397 e. The Kier molecular flexibility index (Phi) is 4.69. The van der Waals surface area contributed by atoms with Gasteiger partial charge in [-0.05, 0) is 19.3 Å². The highest BCUT2D eigenvalue weighted by molar-refractivity contribution is 7.19. The molecular weight excluding hydrogens is 292 g/mol. The maximum Gasteiger partial charge on any atom is 0.260 e. The fourth-order valence-electron chi connectivity index (χ4n) is 2.62. The van der Waals surface area contributed by atoms with Gasteiger partial charge in [-0.15, -0.1) is 11.3 Å². The number of primary amides is 1. The molecule has 6 N–H and O–H groups in total. The van der Waals surface area contributed by atoms with Gasteiger partial charge in [0.15, 0.2) is 0 Å². The fraction of sp³-hybridized carbons (Fsp3) is 0.538. The first-order valence-electron chi connectivity index (χ1n) is 6.73. The molecule has 21 heavy (non-hydrogen) atoms. The molecule has 8 heteroatoms. The third-order valence-electron chi connectivity index (χ3n) is 3.69. The second-order valence-electron chi connectivity index (χ2n) is 4.95. The maximum absolute atomic E-state index is 12.0. The van der Waals surface area contributed by atoms with Gasteiger partial charge in [0.1, 0.15) is 9.88 Å². The van der Waals surface area contributed by atoms with E-state index in [9.17, 15) is 9.59 Å². The molecule has 1 aromatic heterocycles. The van der Waals surface area contributed by atoms with Crippen LogP contribution in [0.2, 0.25) is 0 Å². The van der Waals surface area contributed by atoms with Crippen molar-refractivity contribution in [1.82, 2.24) is 5.32 Å². The standard InChI is InChI=1S/C13H20N4O3S/c1-16-12(19)8-9(14)10(11(15)18)21-13(8)17-6-4-3-5-7(6)20-2/h6-7,17H,3-5,14H2,1-2H3,(H2,15,18)(H,16,19). The number of ether oxygens (including phenoxy) is 1. The third-order valence-corrected chi connectivity index (χ3v) is 4.85. The lowest BCUT2D eigenvalue weighted by Crippen LogP contribution is -2.30. The number of anilines is 2. The Bertz CT molecular complexity index is 558. The van der Waals surface area contributed by atoms with Crippen LogP contribution in [0.15, 0.2) is 0 Å². The summed E-state index contributed by atoms with van der Waals surface area (Å²) in [6.07, 6.45) is 3.04. The van der Waals surface area contributed by atoms with Gasteiger partial charge in [0.25, 0.3) is 11.8 Å². The molecule has 2 atom stereocenters. The molecule has 1 aliphatic carbocycles. The SMILES string of the molecule is CNC(=O)c1c(NC2CCCC2OC)sc(C(N)=O)c1N. The Labute approximate surface area is 127 Å². The van der Waals surface area contributed by atoms with Crippen molar-refractivity contribution in [2.24, 2.45) is 5.73 Å². The van der Waals surface area contributed by atoms with Crippen molar-refractivity contribution in [3.63, 3.8) is 0 Å². The molecular formula is C13H20N4O3S. The van der Waals surface area contributed by atoms with Crippen LogP contribution in [0, 0.1) is 0 Å². The summed E-state index contributed by atoms with van der Waals surface area (Å²) in [6, 6.07) is 0.0946. The van der Waals surface area contributed by atoms with Gasteiger partial charge >= 0.3 is 0 Å². The molecule has 0 radical (unpaired) electrons. The van der Waals surface area contributed by atoms with Gasteiger partial charge in [-0.2, -0.15) is 0 Å². The number of rotatable bonds is 5. The first-order valence-corrected chi connectivity index (χ1v) is 7.54. The highest BCUT2D eigenvalue weighted by Gasteiger charge is 2.31. The Morgan fingerprint density at radius 3 is 2.67 bits per heavy atom. The summed E-state index contributed by atoms with van der Waals surface area (Å²) in [5.74, 6) is -0.976. The third kappa shape index (κ3) is 2.96. The number of nitrogen functional groups attached to an aromatic ring is 1. The lowest BCUT2D eigenvalue weighted by molar-refractivity contribution is 0.0961. The van der Waals surface area contributed by atoms with Crippen molar-refractivity contribution in [3.05, 3.63) is 10.4 Å². The number of carbonyl (C=O) groups is 2. The highest BCUT2D eigenvalue weighted by atomic mass is 32.1. The average molecular weight is 312 g/mol. The quantitative estimate of drug-likeness (QED) is 0.640. The second kappa shape index (κ2) is 6.31. The van der Waals surface area contributed by atoms with E-state index in [1.54, 1.807) is 7.11 Å². The topological polar surface area (TPSA) is 119 Å². The largest absolute Gasteiger partial charge is 0.397 e. The van der Waals surface area contributed by atoms with Gasteiger partial charge in [-0.25, -0.2) is 0 Å². The smallest absolute Gasteiger partial charge is 0.260 e. The number of hydrogen-bond donors (Lipinski definition) is 4. The Morgan fingerprint density at radius 2 is 2.10 bits per heavy atom. The lowest BCUT2D eigenvalue weighted by atomic mass is 10.2. The second-order valence-corrected chi connectivity index (χ2v) is 5.97. The van der Waals surface area contributed by atoms with Crippen LogP contribution in [0.25, 0.3) is 0 Å². The van der Waals surface area contributed by atoms with Crippen molar-refractivity contribution in [2.75, 3.05) is 25.2 Å². The summed E-state index contributed by atoms with van der Waals surface area (Å²) in [7, 11) is 3.18. The fourth-order valence-corrected chi connectivity index (χ4v) is 3.65. The number of amides is 2. The van der Waals surface area contributed by atoms with E-state index >= 15 is 0 Å². The molecule has 0 saturated heterocycles. The molecule has 1 heterocycles. The van der Waals surface area contributed by atoms with Crippen LogP contribution < -0.4 is 22.1 Å². The Balaban J connectivity index is 2.35. The number of nitrogens with two attached hydrogens (primary N) is 2. The first-order chi connectivity index (χ1) is 9.99. The minimum atomic E-state index is -0.634. The van der Waals surface area contributed by atoms with Crippen molar-refractivity contribution >= 4 is 33.8 Å². The Hall–Kier alpha value is -1.80. The van der Waals surface area contributed by atoms with Gasteiger partial charge in [-0.3, -0.25) is 9.59 Å². The Morgan fingerprint density at radius 1 is 1.38 bits per heavy atom. The summed E-state index contributed by atoms with van der Waals surface area (Å²) in [5.41, 5.74) is 11.6. The van der Waals surface area contributed by atoms with Crippen LogP contribution in [0.5, 0.6) is 0 Å². The lowest BCUT2D eigenvalue weighted by Gasteiger charge is -2.20. The van der Waals surface area contributed by atoms with Crippen molar-refractivity contribution < 1.29 is 14.3 Å². The monoisotopic (exact) mass is 312 g/mol. The minimum absolute atomic E-state index is 0.0860. The molecule has 1 aromatic rings. The summed E-state index contributed by atoms with van der Waals surface area (Å²) in [5, 5.41) is 6.38. The predicted octanol–water partition coefficient (Wildman–Crippen LogP) is 0.768. The van der Waals surface area contributed by atoms with Crippen molar-refractivity contribution in [1.29, 1.82) is 0 Å². The van der Waals surface area contributed by atoms with Crippen molar-refractivity contribution in [2.45, 2.75) is 31.4 Å². The zero-order chi connectivity index (χ0) is 15.6. The van der Waals surface area contributed by atoms with Gasteiger partial charge in [-0.1, -0.05) is 0 Å². The molecule has 2 unspecified atom stereocenters. The maximum atomic E-state index is 12.0.